The fourth-order valence-corrected chi connectivity index (χ4v) is 1.92. The molecular weight excluding hydrogens is 276 g/mol. The van der Waals surface area contributed by atoms with Gasteiger partial charge in [-0.1, -0.05) is 6.92 Å². The highest BCUT2D eigenvalue weighted by Gasteiger charge is 2.11. The molecule has 0 radical (unpaired) electrons. The third-order valence-corrected chi connectivity index (χ3v) is 2.93. The number of hydrogen-bond acceptors (Lipinski definition) is 5. The van der Waals surface area contributed by atoms with Crippen LogP contribution in [0.2, 0.25) is 0 Å². The highest BCUT2D eigenvalue weighted by Crippen LogP contribution is 2.24. The van der Waals surface area contributed by atoms with E-state index in [0.717, 1.165) is 12.5 Å². The summed E-state index contributed by atoms with van der Waals surface area (Å²) in [7, 11) is 0. The van der Waals surface area contributed by atoms with Crippen LogP contribution in [0.1, 0.15) is 24.7 Å². The molecule has 0 fully saturated rings. The standard InChI is InChI=1S/C14H17F2N5/c1-3-4-12-19-13(8(2)14(20-12)21-17)18-11-6-9(15)5-10(16)7-11/h5-7H,3-4,17H2,1-2H3,(H2,18,19,20,21). The van der Waals surface area contributed by atoms with Crippen LogP contribution in [0.4, 0.5) is 26.1 Å². The summed E-state index contributed by atoms with van der Waals surface area (Å²) in [6.07, 6.45) is 1.56. The molecule has 7 heteroatoms. The summed E-state index contributed by atoms with van der Waals surface area (Å²) >= 11 is 0. The van der Waals surface area contributed by atoms with Gasteiger partial charge in [0, 0.05) is 23.7 Å². The smallest absolute Gasteiger partial charge is 0.148 e. The highest BCUT2D eigenvalue weighted by molar-refractivity contribution is 5.64. The number of hydrogen-bond donors (Lipinski definition) is 3. The van der Waals surface area contributed by atoms with Crippen LogP contribution in [0.25, 0.3) is 0 Å². The minimum Gasteiger partial charge on any atom is -0.340 e. The lowest BCUT2D eigenvalue weighted by Crippen LogP contribution is -2.14. The average Bonchev–Trinajstić information content (AvgIpc) is 2.41. The van der Waals surface area contributed by atoms with Gasteiger partial charge in [-0.2, -0.15) is 0 Å². The summed E-state index contributed by atoms with van der Waals surface area (Å²) in [6.45, 7) is 3.77. The van der Waals surface area contributed by atoms with Crippen molar-refractivity contribution in [3.8, 4) is 0 Å². The molecule has 0 amide bonds. The highest BCUT2D eigenvalue weighted by atomic mass is 19.1. The molecule has 4 N–H and O–H groups in total. The Hall–Kier alpha value is -2.28. The Labute approximate surface area is 121 Å². The van der Waals surface area contributed by atoms with Gasteiger partial charge in [0.15, 0.2) is 0 Å². The van der Waals surface area contributed by atoms with Gasteiger partial charge in [0.2, 0.25) is 0 Å². The monoisotopic (exact) mass is 293 g/mol. The molecule has 0 aliphatic rings. The molecule has 1 heterocycles. The summed E-state index contributed by atoms with van der Waals surface area (Å²) in [5.41, 5.74) is 3.45. The van der Waals surface area contributed by atoms with Crippen LogP contribution in [-0.2, 0) is 6.42 Å². The molecule has 0 saturated heterocycles. The van der Waals surface area contributed by atoms with Crippen LogP contribution in [0.5, 0.6) is 0 Å². The molecular formula is C14H17F2N5. The second-order valence-electron chi connectivity index (χ2n) is 4.64. The van der Waals surface area contributed by atoms with Crippen molar-refractivity contribution in [3.05, 3.63) is 41.2 Å². The van der Waals surface area contributed by atoms with E-state index in [-0.39, 0.29) is 5.69 Å². The lowest BCUT2D eigenvalue weighted by Gasteiger charge is -2.13. The van der Waals surface area contributed by atoms with Crippen LogP contribution in [-0.4, -0.2) is 9.97 Å². The molecule has 0 saturated carbocycles. The maximum absolute atomic E-state index is 13.2. The van der Waals surface area contributed by atoms with E-state index in [9.17, 15) is 8.78 Å². The number of benzene rings is 1. The third kappa shape index (κ3) is 3.63. The van der Waals surface area contributed by atoms with Crippen molar-refractivity contribution in [1.29, 1.82) is 0 Å². The van der Waals surface area contributed by atoms with E-state index >= 15 is 0 Å². The number of nitrogens with one attached hydrogen (secondary N) is 2. The van der Waals surface area contributed by atoms with Crippen LogP contribution in [0.15, 0.2) is 18.2 Å². The minimum absolute atomic E-state index is 0.278. The van der Waals surface area contributed by atoms with Crippen molar-refractivity contribution >= 4 is 17.3 Å². The fourth-order valence-electron chi connectivity index (χ4n) is 1.92. The van der Waals surface area contributed by atoms with Gasteiger partial charge in [-0.15, -0.1) is 0 Å². The Balaban J connectivity index is 2.39. The summed E-state index contributed by atoms with van der Waals surface area (Å²) < 4.78 is 26.5. The predicted octanol–water partition coefficient (Wildman–Crippen LogP) is 3.04. The quantitative estimate of drug-likeness (QED) is 0.583. The van der Waals surface area contributed by atoms with Crippen molar-refractivity contribution in [1.82, 2.24) is 9.97 Å². The van der Waals surface area contributed by atoms with E-state index in [2.05, 4.69) is 20.7 Å². The van der Waals surface area contributed by atoms with Crippen LogP contribution in [0, 0.1) is 18.6 Å². The van der Waals surface area contributed by atoms with Crippen molar-refractivity contribution in [2.24, 2.45) is 5.84 Å². The lowest BCUT2D eigenvalue weighted by atomic mass is 10.2. The summed E-state index contributed by atoms with van der Waals surface area (Å²) in [6, 6.07) is 3.20. The molecule has 0 aliphatic carbocycles. The van der Waals surface area contributed by atoms with Gasteiger partial charge >= 0.3 is 0 Å². The Kier molecular flexibility index (Phi) is 4.64. The molecule has 5 nitrogen and oxygen atoms in total. The second kappa shape index (κ2) is 6.45. The van der Waals surface area contributed by atoms with E-state index in [1.54, 1.807) is 6.92 Å². The number of nitrogens with two attached hydrogens (primary N) is 1. The molecule has 0 bridgehead atoms. The second-order valence-corrected chi connectivity index (χ2v) is 4.64. The van der Waals surface area contributed by atoms with E-state index in [1.165, 1.54) is 12.1 Å². The Morgan fingerprint density at radius 2 is 1.71 bits per heavy atom. The van der Waals surface area contributed by atoms with Gasteiger partial charge in [0.05, 0.1) is 0 Å². The van der Waals surface area contributed by atoms with Gasteiger partial charge in [-0.25, -0.2) is 24.6 Å². The van der Waals surface area contributed by atoms with Crippen molar-refractivity contribution < 1.29 is 8.78 Å². The number of aryl methyl sites for hydroxylation is 1. The topological polar surface area (TPSA) is 75.9 Å². The Morgan fingerprint density at radius 3 is 2.29 bits per heavy atom. The van der Waals surface area contributed by atoms with E-state index in [0.29, 0.717) is 29.4 Å². The number of nitrogens with zero attached hydrogens (tertiary/aromatic N) is 2. The zero-order valence-electron chi connectivity index (χ0n) is 11.9. The van der Waals surface area contributed by atoms with Crippen LogP contribution >= 0.6 is 0 Å². The third-order valence-electron chi connectivity index (χ3n) is 2.93. The normalized spacial score (nSPS) is 10.5. The molecule has 1 aromatic carbocycles. The Bertz CT molecular complexity index is 625. The Morgan fingerprint density at radius 1 is 1.10 bits per heavy atom. The number of aromatic nitrogens is 2. The van der Waals surface area contributed by atoms with Gasteiger partial charge in [0.1, 0.15) is 29.1 Å². The largest absolute Gasteiger partial charge is 0.340 e. The van der Waals surface area contributed by atoms with Gasteiger partial charge in [-0.05, 0) is 25.5 Å². The first-order valence-corrected chi connectivity index (χ1v) is 6.60. The van der Waals surface area contributed by atoms with Crippen molar-refractivity contribution in [2.75, 3.05) is 10.7 Å². The van der Waals surface area contributed by atoms with Crippen LogP contribution < -0.4 is 16.6 Å². The van der Waals surface area contributed by atoms with Gasteiger partial charge in [-0.3, -0.25) is 0 Å². The average molecular weight is 293 g/mol. The van der Waals surface area contributed by atoms with E-state index in [4.69, 9.17) is 5.84 Å². The molecule has 0 atom stereocenters. The van der Waals surface area contributed by atoms with Crippen molar-refractivity contribution in [2.45, 2.75) is 26.7 Å². The summed E-state index contributed by atoms with van der Waals surface area (Å²) in [5, 5.41) is 2.90. The molecule has 0 aliphatic heterocycles. The number of halogens is 2. The molecule has 0 unspecified atom stereocenters. The lowest BCUT2D eigenvalue weighted by molar-refractivity contribution is 0.584. The first kappa shape index (κ1) is 15.1. The first-order chi connectivity index (χ1) is 10.0. The van der Waals surface area contributed by atoms with E-state index < -0.39 is 11.6 Å². The zero-order valence-corrected chi connectivity index (χ0v) is 11.9. The van der Waals surface area contributed by atoms with Gasteiger partial charge in [0.25, 0.3) is 0 Å². The maximum Gasteiger partial charge on any atom is 0.148 e. The number of nitrogen functional groups attached to an aromatic ring is 1. The first-order valence-electron chi connectivity index (χ1n) is 6.60. The van der Waals surface area contributed by atoms with E-state index in [1.807, 2.05) is 6.92 Å². The number of hydrazine groups is 1. The molecule has 2 aromatic rings. The molecule has 112 valence electrons. The van der Waals surface area contributed by atoms with Crippen molar-refractivity contribution in [3.63, 3.8) is 0 Å². The predicted molar refractivity (Wildman–Crippen MR) is 78.2 cm³/mol. The summed E-state index contributed by atoms with van der Waals surface area (Å²) in [5.74, 6) is 5.67. The number of anilines is 3. The maximum atomic E-state index is 13.2. The molecule has 21 heavy (non-hydrogen) atoms. The fraction of sp³-hybridized carbons (Fsp3) is 0.286. The van der Waals surface area contributed by atoms with Crippen LogP contribution in [0.3, 0.4) is 0 Å². The zero-order chi connectivity index (χ0) is 15.4. The number of rotatable bonds is 5. The SMILES string of the molecule is CCCc1nc(NN)c(C)c(Nc2cc(F)cc(F)c2)n1. The van der Waals surface area contributed by atoms with Gasteiger partial charge < -0.3 is 10.7 Å². The molecule has 1 aromatic heterocycles. The molecule has 0 spiro atoms. The minimum atomic E-state index is -0.657. The molecule has 2 rings (SSSR count). The summed E-state index contributed by atoms with van der Waals surface area (Å²) in [4.78, 5) is 8.65.